The molecule has 4 unspecified atom stereocenters. The van der Waals surface area contributed by atoms with Crippen molar-refractivity contribution in [2.24, 2.45) is 23.7 Å². The molecule has 3 heterocycles. The fourth-order valence-electron chi connectivity index (χ4n) is 7.07. The van der Waals surface area contributed by atoms with Crippen LogP contribution < -0.4 is 0 Å². The number of likely N-dealkylation sites (tertiary alicyclic amines) is 1. The van der Waals surface area contributed by atoms with E-state index in [0.29, 0.717) is 13.0 Å². The third-order valence-corrected chi connectivity index (χ3v) is 9.28. The zero-order valence-corrected chi connectivity index (χ0v) is 23.4. The summed E-state index contributed by atoms with van der Waals surface area (Å²) in [6, 6.07) is -1.59. The van der Waals surface area contributed by atoms with Gasteiger partial charge in [-0.05, 0) is 38.5 Å². The lowest BCUT2D eigenvalue weighted by Gasteiger charge is -2.42. The number of rotatable bonds is 13. The van der Waals surface area contributed by atoms with Gasteiger partial charge in [-0.2, -0.15) is 0 Å². The highest BCUT2D eigenvalue weighted by Crippen LogP contribution is 2.66. The van der Waals surface area contributed by atoms with Crippen LogP contribution in [0.1, 0.15) is 67.2 Å². The minimum atomic E-state index is -1.17. The molecular weight excluding hydrogens is 472 g/mol. The number of carbonyl (C=O) groups excluding carboxylic acids is 3. The summed E-state index contributed by atoms with van der Waals surface area (Å²) < 4.78 is 12.2. The molecule has 0 aromatic heterocycles. The first-order chi connectivity index (χ1) is 17.5. The monoisotopic (exact) mass is 518 g/mol. The summed E-state index contributed by atoms with van der Waals surface area (Å²) in [5.41, 5.74) is -2.11. The molecule has 0 aliphatic carbocycles. The zero-order valence-electron chi connectivity index (χ0n) is 23.4. The van der Waals surface area contributed by atoms with E-state index in [1.807, 2.05) is 34.6 Å². The van der Waals surface area contributed by atoms with E-state index < -0.39 is 41.1 Å². The van der Waals surface area contributed by atoms with Crippen LogP contribution in [-0.2, 0) is 23.9 Å². The molecule has 8 heteroatoms. The fourth-order valence-corrected chi connectivity index (χ4v) is 7.07. The van der Waals surface area contributed by atoms with Crippen molar-refractivity contribution in [1.82, 2.24) is 9.80 Å². The standard InChI is InChI=1S/C29H46N2O6/c1-9-13-20(7)30(14-10-2)26(34)24-29-16-19(6)28(8,37-29)23(27(35)36-15-11-3)22(29)25(33)31(24)21(17-32)18(5)12-4/h10-11,18-24,32H,2-3,9,12-17H2,1,4-8H3/t18-,19?,20?,21-,22-,23+,24?,28-,29?/m0/s1. The van der Waals surface area contributed by atoms with Gasteiger partial charge < -0.3 is 24.4 Å². The number of nitrogens with zero attached hydrogens (tertiary/aromatic N) is 2. The largest absolute Gasteiger partial charge is 0.461 e. The number of amides is 2. The Morgan fingerprint density at radius 3 is 2.51 bits per heavy atom. The molecule has 2 amide bonds. The van der Waals surface area contributed by atoms with Crippen molar-refractivity contribution >= 4 is 17.8 Å². The van der Waals surface area contributed by atoms with Gasteiger partial charge in [0.15, 0.2) is 0 Å². The number of esters is 1. The second kappa shape index (κ2) is 11.3. The molecule has 3 aliphatic rings. The molecule has 3 aliphatic heterocycles. The Bertz CT molecular complexity index is 907. The average Bonchev–Trinajstić information content (AvgIpc) is 3.38. The number of hydrogen-bond acceptors (Lipinski definition) is 6. The van der Waals surface area contributed by atoms with E-state index in [9.17, 15) is 19.5 Å². The van der Waals surface area contributed by atoms with Crippen LogP contribution in [0, 0.1) is 23.7 Å². The smallest absolute Gasteiger partial charge is 0.313 e. The number of ether oxygens (including phenoxy) is 2. The van der Waals surface area contributed by atoms with Gasteiger partial charge in [0.05, 0.1) is 24.2 Å². The first-order valence-electron chi connectivity index (χ1n) is 13.8. The molecule has 0 radical (unpaired) electrons. The highest BCUT2D eigenvalue weighted by molar-refractivity contribution is 5.99. The molecule has 1 spiro atoms. The second-order valence-electron chi connectivity index (χ2n) is 11.4. The third kappa shape index (κ3) is 4.54. The second-order valence-corrected chi connectivity index (χ2v) is 11.4. The Kier molecular flexibility index (Phi) is 8.95. The first kappa shape index (κ1) is 29.4. The number of hydrogen-bond donors (Lipinski definition) is 1. The quantitative estimate of drug-likeness (QED) is 0.297. The van der Waals surface area contributed by atoms with Crippen LogP contribution in [0.5, 0.6) is 0 Å². The topological polar surface area (TPSA) is 96.4 Å². The molecule has 3 rings (SSSR count). The summed E-state index contributed by atoms with van der Waals surface area (Å²) in [5, 5.41) is 10.5. The summed E-state index contributed by atoms with van der Waals surface area (Å²) in [6.45, 7) is 19.5. The van der Waals surface area contributed by atoms with Gasteiger partial charge in [0, 0.05) is 12.6 Å². The SMILES string of the molecule is C=CCOC(=O)[C@H]1[C@H]2C(=O)N([C@@H](CO)[C@@H](C)CC)C(C(=O)N(CC=C)C(C)CCC)C23CC(C)[C@]1(C)O3. The predicted octanol–water partition coefficient (Wildman–Crippen LogP) is 3.34. The summed E-state index contributed by atoms with van der Waals surface area (Å²) in [7, 11) is 0. The normalized spacial score (nSPS) is 34.6. The van der Waals surface area contributed by atoms with Crippen LogP contribution in [0.3, 0.4) is 0 Å². The van der Waals surface area contributed by atoms with Gasteiger partial charge in [-0.15, -0.1) is 6.58 Å². The number of carbonyl (C=O) groups is 3. The first-order valence-corrected chi connectivity index (χ1v) is 13.8. The van der Waals surface area contributed by atoms with Gasteiger partial charge in [-0.1, -0.05) is 59.3 Å². The summed E-state index contributed by atoms with van der Waals surface area (Å²) in [5.74, 6) is -2.87. The van der Waals surface area contributed by atoms with Gasteiger partial charge in [0.1, 0.15) is 24.2 Å². The van der Waals surface area contributed by atoms with E-state index in [1.54, 1.807) is 15.9 Å². The molecule has 8 nitrogen and oxygen atoms in total. The average molecular weight is 519 g/mol. The zero-order chi connectivity index (χ0) is 27.7. The van der Waals surface area contributed by atoms with Crippen molar-refractivity contribution in [2.75, 3.05) is 19.8 Å². The molecule has 0 saturated carbocycles. The Hall–Kier alpha value is -2.19. The van der Waals surface area contributed by atoms with Crippen molar-refractivity contribution < 1.29 is 29.0 Å². The Labute approximate surface area is 222 Å². The van der Waals surface area contributed by atoms with Crippen molar-refractivity contribution in [2.45, 2.75) is 96.6 Å². The molecule has 0 aromatic rings. The highest BCUT2D eigenvalue weighted by Gasteiger charge is 2.81. The van der Waals surface area contributed by atoms with E-state index in [2.05, 4.69) is 20.1 Å². The third-order valence-electron chi connectivity index (χ3n) is 9.28. The van der Waals surface area contributed by atoms with Crippen molar-refractivity contribution in [1.29, 1.82) is 0 Å². The maximum Gasteiger partial charge on any atom is 0.313 e. The molecule has 9 atom stereocenters. The molecular formula is C29H46N2O6. The van der Waals surface area contributed by atoms with Gasteiger partial charge >= 0.3 is 5.97 Å². The summed E-state index contributed by atoms with van der Waals surface area (Å²) in [4.78, 5) is 45.6. The van der Waals surface area contributed by atoms with Crippen LogP contribution in [0.25, 0.3) is 0 Å². The number of fused-ring (bicyclic) bond motifs is 1. The Morgan fingerprint density at radius 2 is 1.97 bits per heavy atom. The van der Waals surface area contributed by atoms with Crippen LogP contribution in [0.2, 0.25) is 0 Å². The van der Waals surface area contributed by atoms with Crippen LogP contribution >= 0.6 is 0 Å². The molecule has 3 saturated heterocycles. The van der Waals surface area contributed by atoms with E-state index in [1.165, 1.54) is 6.08 Å². The van der Waals surface area contributed by atoms with E-state index in [4.69, 9.17) is 9.47 Å². The molecule has 208 valence electrons. The highest BCUT2D eigenvalue weighted by atomic mass is 16.6. The van der Waals surface area contributed by atoms with Crippen LogP contribution in [-0.4, -0.2) is 81.8 Å². The maximum atomic E-state index is 14.5. The number of aliphatic hydroxyl groups excluding tert-OH is 1. The minimum absolute atomic E-state index is 0.0353. The molecule has 0 aromatic carbocycles. The number of aliphatic hydroxyl groups is 1. The lowest BCUT2D eigenvalue weighted by atomic mass is 9.62. The van der Waals surface area contributed by atoms with Gasteiger partial charge in [0.2, 0.25) is 11.8 Å². The minimum Gasteiger partial charge on any atom is -0.461 e. The van der Waals surface area contributed by atoms with Crippen molar-refractivity contribution in [3.63, 3.8) is 0 Å². The lowest BCUT2D eigenvalue weighted by molar-refractivity contribution is -0.164. The molecule has 3 fully saturated rings. The molecule has 2 bridgehead atoms. The lowest BCUT2D eigenvalue weighted by Crippen LogP contribution is -2.61. The van der Waals surface area contributed by atoms with E-state index in [0.717, 1.165) is 19.3 Å². The van der Waals surface area contributed by atoms with Crippen molar-refractivity contribution in [3.8, 4) is 0 Å². The summed E-state index contributed by atoms with van der Waals surface area (Å²) in [6.07, 6.45) is 6.09. The molecule has 37 heavy (non-hydrogen) atoms. The van der Waals surface area contributed by atoms with E-state index in [-0.39, 0.29) is 42.9 Å². The van der Waals surface area contributed by atoms with Gasteiger partial charge in [-0.25, -0.2) is 0 Å². The van der Waals surface area contributed by atoms with E-state index >= 15 is 0 Å². The summed E-state index contributed by atoms with van der Waals surface area (Å²) >= 11 is 0. The fraction of sp³-hybridized carbons (Fsp3) is 0.759. The van der Waals surface area contributed by atoms with Gasteiger partial charge in [-0.3, -0.25) is 14.4 Å². The Balaban J connectivity index is 2.19. The van der Waals surface area contributed by atoms with Crippen LogP contribution in [0.4, 0.5) is 0 Å². The van der Waals surface area contributed by atoms with Crippen molar-refractivity contribution in [3.05, 3.63) is 25.3 Å². The maximum absolute atomic E-state index is 14.5. The Morgan fingerprint density at radius 1 is 1.30 bits per heavy atom. The predicted molar refractivity (Wildman–Crippen MR) is 141 cm³/mol. The van der Waals surface area contributed by atoms with Crippen LogP contribution in [0.15, 0.2) is 25.3 Å². The molecule has 1 N–H and O–H groups in total. The van der Waals surface area contributed by atoms with Gasteiger partial charge in [0.25, 0.3) is 0 Å².